The maximum atomic E-state index is 12.1. The maximum Gasteiger partial charge on any atom is 0.361 e. The third kappa shape index (κ3) is 3.40. The molecular formula is C13H21N3O5. The standard InChI is InChI=1S/C13H21N3O5/c1-4-14-8-7(13(20)21-16-6-3)9(15-5-2)11(18)12(19)10(8)17/h14-19H,4-6H2,1-3H3. The number of benzene rings is 1. The highest BCUT2D eigenvalue weighted by Crippen LogP contribution is 2.49. The van der Waals surface area contributed by atoms with Crippen LogP contribution in [0, 0.1) is 0 Å². The van der Waals surface area contributed by atoms with E-state index in [4.69, 9.17) is 4.84 Å². The first kappa shape index (κ1) is 16.7. The number of nitrogens with one attached hydrogen (secondary N) is 3. The van der Waals surface area contributed by atoms with Crippen molar-refractivity contribution in [1.82, 2.24) is 5.48 Å². The minimum absolute atomic E-state index is 0.00773. The lowest BCUT2D eigenvalue weighted by Gasteiger charge is -2.19. The van der Waals surface area contributed by atoms with Crippen LogP contribution in [0.4, 0.5) is 11.4 Å². The molecule has 6 N–H and O–H groups in total. The Hall–Kier alpha value is -2.35. The van der Waals surface area contributed by atoms with Gasteiger partial charge in [-0.3, -0.25) is 0 Å². The van der Waals surface area contributed by atoms with Crippen molar-refractivity contribution in [2.75, 3.05) is 30.3 Å². The highest BCUT2D eigenvalue weighted by atomic mass is 16.7. The monoisotopic (exact) mass is 299 g/mol. The molecule has 21 heavy (non-hydrogen) atoms. The first-order valence-corrected chi connectivity index (χ1v) is 6.72. The van der Waals surface area contributed by atoms with Crippen molar-refractivity contribution in [2.45, 2.75) is 20.8 Å². The molecule has 8 nitrogen and oxygen atoms in total. The first-order chi connectivity index (χ1) is 9.99. The van der Waals surface area contributed by atoms with Gasteiger partial charge in [-0.15, -0.1) is 0 Å². The summed E-state index contributed by atoms with van der Waals surface area (Å²) >= 11 is 0. The number of phenolic OH excluding ortho intramolecular Hbond substituents is 3. The fourth-order valence-corrected chi connectivity index (χ4v) is 1.80. The van der Waals surface area contributed by atoms with Crippen LogP contribution in [-0.2, 0) is 4.84 Å². The predicted molar refractivity (Wildman–Crippen MR) is 78.9 cm³/mol. The Kier molecular flexibility index (Phi) is 5.92. The van der Waals surface area contributed by atoms with E-state index in [1.807, 2.05) is 0 Å². The SMILES string of the molecule is CCNOC(=O)c1c(NCC)c(O)c(O)c(O)c1NCC. The van der Waals surface area contributed by atoms with Gasteiger partial charge < -0.3 is 30.8 Å². The van der Waals surface area contributed by atoms with Crippen LogP contribution < -0.4 is 16.1 Å². The van der Waals surface area contributed by atoms with Crippen molar-refractivity contribution in [1.29, 1.82) is 0 Å². The molecule has 8 heteroatoms. The van der Waals surface area contributed by atoms with Gasteiger partial charge in [-0.1, -0.05) is 0 Å². The lowest BCUT2D eigenvalue weighted by atomic mass is 10.1. The summed E-state index contributed by atoms with van der Waals surface area (Å²) in [6.07, 6.45) is 0. The van der Waals surface area contributed by atoms with Gasteiger partial charge in [0.2, 0.25) is 5.75 Å². The van der Waals surface area contributed by atoms with Gasteiger partial charge in [0, 0.05) is 19.6 Å². The van der Waals surface area contributed by atoms with E-state index in [1.54, 1.807) is 20.8 Å². The molecule has 0 saturated carbocycles. The summed E-state index contributed by atoms with van der Waals surface area (Å²) < 4.78 is 0. The number of phenols is 3. The smallest absolute Gasteiger partial charge is 0.361 e. The Labute approximate surface area is 122 Å². The van der Waals surface area contributed by atoms with Crippen molar-refractivity contribution < 1.29 is 25.0 Å². The van der Waals surface area contributed by atoms with Crippen LogP contribution in [0.15, 0.2) is 0 Å². The van der Waals surface area contributed by atoms with Gasteiger partial charge in [0.15, 0.2) is 11.5 Å². The molecule has 0 atom stereocenters. The van der Waals surface area contributed by atoms with E-state index >= 15 is 0 Å². The second-order valence-corrected chi connectivity index (χ2v) is 4.12. The Bertz CT molecular complexity index is 486. The topological polar surface area (TPSA) is 123 Å². The van der Waals surface area contributed by atoms with Gasteiger partial charge in [-0.25, -0.2) is 4.79 Å². The molecule has 0 unspecified atom stereocenters. The molecule has 0 amide bonds. The average Bonchev–Trinajstić information content (AvgIpc) is 2.47. The number of hydrogen-bond donors (Lipinski definition) is 6. The van der Waals surface area contributed by atoms with E-state index in [0.29, 0.717) is 19.6 Å². The molecule has 0 fully saturated rings. The largest absolute Gasteiger partial charge is 0.503 e. The van der Waals surface area contributed by atoms with E-state index in [9.17, 15) is 20.1 Å². The lowest BCUT2D eigenvalue weighted by molar-refractivity contribution is 0.0267. The second kappa shape index (κ2) is 7.44. The molecule has 0 heterocycles. The zero-order chi connectivity index (χ0) is 16.0. The molecular weight excluding hydrogens is 278 g/mol. The molecule has 0 saturated heterocycles. The van der Waals surface area contributed by atoms with Crippen LogP contribution >= 0.6 is 0 Å². The highest BCUT2D eigenvalue weighted by molar-refractivity contribution is 6.06. The number of hydroxylamine groups is 1. The summed E-state index contributed by atoms with van der Waals surface area (Å²) in [5.41, 5.74) is 2.30. The molecule has 1 rings (SSSR count). The Morgan fingerprint density at radius 1 is 0.905 bits per heavy atom. The van der Waals surface area contributed by atoms with E-state index < -0.39 is 23.2 Å². The molecule has 118 valence electrons. The molecule has 1 aromatic rings. The van der Waals surface area contributed by atoms with Crippen molar-refractivity contribution >= 4 is 17.3 Å². The molecule has 0 aliphatic rings. The molecule has 0 aromatic heterocycles. The van der Waals surface area contributed by atoms with Crippen LogP contribution in [0.3, 0.4) is 0 Å². The third-order valence-corrected chi connectivity index (χ3v) is 2.64. The number of anilines is 2. The number of rotatable bonds is 7. The van der Waals surface area contributed by atoms with Crippen molar-refractivity contribution in [3.05, 3.63) is 5.56 Å². The summed E-state index contributed by atoms with van der Waals surface area (Å²) in [4.78, 5) is 17.0. The minimum atomic E-state index is -0.797. The van der Waals surface area contributed by atoms with Gasteiger partial charge in [-0.05, 0) is 20.8 Å². The summed E-state index contributed by atoms with van der Waals surface area (Å²) in [6, 6.07) is 0. The van der Waals surface area contributed by atoms with Crippen LogP contribution in [-0.4, -0.2) is 40.9 Å². The van der Waals surface area contributed by atoms with Gasteiger partial charge in [0.05, 0.1) is 11.4 Å². The molecule has 0 spiro atoms. The van der Waals surface area contributed by atoms with E-state index in [-0.39, 0.29) is 16.9 Å². The third-order valence-electron chi connectivity index (χ3n) is 2.64. The fourth-order valence-electron chi connectivity index (χ4n) is 1.80. The Balaban J connectivity index is 3.49. The molecule has 0 aliphatic heterocycles. The fraction of sp³-hybridized carbons (Fsp3) is 0.462. The summed E-state index contributed by atoms with van der Waals surface area (Å²) in [7, 11) is 0. The van der Waals surface area contributed by atoms with Crippen LogP contribution in [0.25, 0.3) is 0 Å². The summed E-state index contributed by atoms with van der Waals surface area (Å²) in [5.74, 6) is -2.73. The number of aromatic hydroxyl groups is 3. The Morgan fingerprint density at radius 2 is 1.38 bits per heavy atom. The van der Waals surface area contributed by atoms with E-state index in [0.717, 1.165) is 0 Å². The van der Waals surface area contributed by atoms with Crippen LogP contribution in [0.5, 0.6) is 17.2 Å². The molecule has 1 aromatic carbocycles. The maximum absolute atomic E-state index is 12.1. The van der Waals surface area contributed by atoms with Gasteiger partial charge >= 0.3 is 5.97 Å². The molecule has 0 bridgehead atoms. The van der Waals surface area contributed by atoms with Gasteiger partial charge in [0.25, 0.3) is 0 Å². The number of hydrogen-bond acceptors (Lipinski definition) is 8. The second-order valence-electron chi connectivity index (χ2n) is 4.12. The van der Waals surface area contributed by atoms with Crippen LogP contribution in [0.2, 0.25) is 0 Å². The normalized spacial score (nSPS) is 10.2. The van der Waals surface area contributed by atoms with E-state index in [1.165, 1.54) is 0 Å². The first-order valence-electron chi connectivity index (χ1n) is 6.72. The van der Waals surface area contributed by atoms with Crippen molar-refractivity contribution in [3.63, 3.8) is 0 Å². The summed E-state index contributed by atoms with van der Waals surface area (Å²) in [5, 5.41) is 35.2. The van der Waals surface area contributed by atoms with Crippen molar-refractivity contribution in [2.24, 2.45) is 0 Å². The van der Waals surface area contributed by atoms with E-state index in [2.05, 4.69) is 16.1 Å². The highest BCUT2D eigenvalue weighted by Gasteiger charge is 2.28. The minimum Gasteiger partial charge on any atom is -0.503 e. The predicted octanol–water partition coefficient (Wildman–Crippen LogP) is 1.35. The summed E-state index contributed by atoms with van der Waals surface area (Å²) in [6.45, 7) is 6.45. The molecule has 0 radical (unpaired) electrons. The molecule has 0 aliphatic carbocycles. The average molecular weight is 299 g/mol. The van der Waals surface area contributed by atoms with Crippen molar-refractivity contribution in [3.8, 4) is 17.2 Å². The van der Waals surface area contributed by atoms with Gasteiger partial charge in [-0.2, -0.15) is 5.48 Å². The lowest BCUT2D eigenvalue weighted by Crippen LogP contribution is -2.22. The zero-order valence-electron chi connectivity index (χ0n) is 12.3. The zero-order valence-corrected chi connectivity index (χ0v) is 12.3. The van der Waals surface area contributed by atoms with Crippen LogP contribution in [0.1, 0.15) is 31.1 Å². The number of carbonyl (C=O) groups is 1. The Morgan fingerprint density at radius 3 is 1.76 bits per heavy atom. The number of carbonyl (C=O) groups excluding carboxylic acids is 1. The van der Waals surface area contributed by atoms with Gasteiger partial charge in [0.1, 0.15) is 5.56 Å². The quantitative estimate of drug-likeness (QED) is 0.253.